The maximum Gasteiger partial charge on any atom is 0.191 e. The molecule has 106 valence electrons. The smallest absolute Gasteiger partial charge is 0.191 e. The molecule has 0 fully saturated rings. The van der Waals surface area contributed by atoms with Crippen molar-refractivity contribution >= 4 is 17.5 Å². The van der Waals surface area contributed by atoms with Gasteiger partial charge in [-0.2, -0.15) is 0 Å². The van der Waals surface area contributed by atoms with Crippen molar-refractivity contribution in [1.29, 1.82) is 0 Å². The Labute approximate surface area is 121 Å². The van der Waals surface area contributed by atoms with E-state index in [9.17, 15) is 4.79 Å². The molecule has 0 bridgehead atoms. The summed E-state index contributed by atoms with van der Waals surface area (Å²) >= 11 is 1.33. The van der Waals surface area contributed by atoms with Crippen LogP contribution in [0.1, 0.15) is 10.4 Å². The fraction of sp³-hybridized carbons (Fsp3) is 0.308. The van der Waals surface area contributed by atoms with Crippen LogP contribution in [-0.2, 0) is 7.05 Å². The lowest BCUT2D eigenvalue weighted by Gasteiger charge is -2.09. The van der Waals surface area contributed by atoms with Gasteiger partial charge in [-0.25, -0.2) is 0 Å². The molecule has 0 saturated carbocycles. The highest BCUT2D eigenvalue weighted by Gasteiger charge is 2.15. The molecule has 2 rings (SSSR count). The SMILES string of the molecule is COc1ccc(OC)c(C(=O)CSc2nncn2C)c1. The lowest BCUT2D eigenvalue weighted by molar-refractivity contribution is 0.101. The minimum Gasteiger partial charge on any atom is -0.497 e. The zero-order valence-electron chi connectivity index (χ0n) is 11.5. The van der Waals surface area contributed by atoms with Gasteiger partial charge in [0.15, 0.2) is 10.9 Å². The molecular weight excluding hydrogens is 278 g/mol. The third-order valence-electron chi connectivity index (χ3n) is 2.71. The lowest BCUT2D eigenvalue weighted by atomic mass is 10.1. The van der Waals surface area contributed by atoms with Crippen LogP contribution in [0.25, 0.3) is 0 Å². The molecule has 20 heavy (non-hydrogen) atoms. The Bertz CT molecular complexity index is 613. The van der Waals surface area contributed by atoms with E-state index in [4.69, 9.17) is 9.47 Å². The number of methoxy groups -OCH3 is 2. The second kappa shape index (κ2) is 6.42. The van der Waals surface area contributed by atoms with Crippen molar-refractivity contribution in [1.82, 2.24) is 14.8 Å². The van der Waals surface area contributed by atoms with E-state index in [1.807, 2.05) is 7.05 Å². The fourth-order valence-corrected chi connectivity index (χ4v) is 2.41. The Hall–Kier alpha value is -2.02. The summed E-state index contributed by atoms with van der Waals surface area (Å²) in [5, 5.41) is 8.39. The number of aromatic nitrogens is 3. The molecule has 6 nitrogen and oxygen atoms in total. The van der Waals surface area contributed by atoms with Crippen LogP contribution in [0.5, 0.6) is 11.5 Å². The molecule has 1 heterocycles. The zero-order valence-corrected chi connectivity index (χ0v) is 12.3. The number of nitrogens with zero attached hydrogens (tertiary/aromatic N) is 3. The first-order valence-corrected chi connectivity index (χ1v) is 6.86. The second-order valence-corrected chi connectivity index (χ2v) is 4.94. The Morgan fingerprint density at radius 3 is 2.75 bits per heavy atom. The van der Waals surface area contributed by atoms with E-state index in [-0.39, 0.29) is 11.5 Å². The molecule has 1 aromatic carbocycles. The van der Waals surface area contributed by atoms with E-state index in [1.54, 1.807) is 36.2 Å². The molecule has 2 aromatic rings. The molecule has 0 aliphatic rings. The maximum absolute atomic E-state index is 12.3. The molecule has 7 heteroatoms. The third kappa shape index (κ3) is 3.11. The first-order chi connectivity index (χ1) is 9.65. The van der Waals surface area contributed by atoms with Crippen LogP contribution in [0.15, 0.2) is 29.7 Å². The van der Waals surface area contributed by atoms with Gasteiger partial charge >= 0.3 is 0 Å². The molecule has 1 aromatic heterocycles. The summed E-state index contributed by atoms with van der Waals surface area (Å²) in [5.41, 5.74) is 0.501. The van der Waals surface area contributed by atoms with Crippen molar-refractivity contribution < 1.29 is 14.3 Å². The van der Waals surface area contributed by atoms with Gasteiger partial charge in [-0.15, -0.1) is 10.2 Å². The number of ether oxygens (including phenoxy) is 2. The summed E-state index contributed by atoms with van der Waals surface area (Å²) in [7, 11) is 4.93. The van der Waals surface area contributed by atoms with Crippen molar-refractivity contribution in [3.8, 4) is 11.5 Å². The molecule has 0 spiro atoms. The molecule has 0 N–H and O–H groups in total. The number of hydrogen-bond donors (Lipinski definition) is 0. The highest BCUT2D eigenvalue weighted by atomic mass is 32.2. The van der Waals surface area contributed by atoms with Crippen LogP contribution in [0.4, 0.5) is 0 Å². The van der Waals surface area contributed by atoms with Crippen LogP contribution in [-0.4, -0.2) is 40.5 Å². The third-order valence-corrected chi connectivity index (χ3v) is 3.74. The average Bonchev–Trinajstić information content (AvgIpc) is 2.89. The molecular formula is C13H15N3O3S. The number of aryl methyl sites for hydroxylation is 1. The minimum atomic E-state index is -0.0475. The van der Waals surface area contributed by atoms with E-state index in [0.29, 0.717) is 22.2 Å². The zero-order chi connectivity index (χ0) is 14.5. The Balaban J connectivity index is 2.14. The normalized spacial score (nSPS) is 10.3. The molecule has 0 aliphatic carbocycles. The van der Waals surface area contributed by atoms with E-state index in [0.717, 1.165) is 0 Å². The van der Waals surface area contributed by atoms with Gasteiger partial charge in [-0.1, -0.05) is 11.8 Å². The van der Waals surface area contributed by atoms with Crippen LogP contribution in [0, 0.1) is 0 Å². The predicted molar refractivity (Wildman–Crippen MR) is 75.6 cm³/mol. The van der Waals surface area contributed by atoms with Crippen LogP contribution < -0.4 is 9.47 Å². The Morgan fingerprint density at radius 2 is 2.15 bits per heavy atom. The van der Waals surface area contributed by atoms with Crippen LogP contribution in [0.2, 0.25) is 0 Å². The lowest BCUT2D eigenvalue weighted by Crippen LogP contribution is -2.06. The van der Waals surface area contributed by atoms with Crippen LogP contribution in [0.3, 0.4) is 0 Å². The molecule has 0 saturated heterocycles. The van der Waals surface area contributed by atoms with Crippen molar-refractivity contribution in [3.63, 3.8) is 0 Å². The number of Topliss-reactive ketones (excluding diaryl/α,β-unsaturated/α-hetero) is 1. The van der Waals surface area contributed by atoms with Gasteiger partial charge in [-0.05, 0) is 18.2 Å². The van der Waals surface area contributed by atoms with E-state index in [2.05, 4.69) is 10.2 Å². The minimum absolute atomic E-state index is 0.0475. The number of benzene rings is 1. The molecule has 0 radical (unpaired) electrons. The topological polar surface area (TPSA) is 66.2 Å². The number of carbonyl (C=O) groups excluding carboxylic acids is 1. The molecule has 0 amide bonds. The number of thioether (sulfide) groups is 1. The molecule has 0 atom stereocenters. The number of carbonyl (C=O) groups is 1. The fourth-order valence-electron chi connectivity index (χ4n) is 1.64. The first-order valence-electron chi connectivity index (χ1n) is 5.87. The quantitative estimate of drug-likeness (QED) is 0.598. The van der Waals surface area contributed by atoms with Crippen molar-refractivity contribution in [2.24, 2.45) is 7.05 Å². The Morgan fingerprint density at radius 1 is 1.35 bits per heavy atom. The van der Waals surface area contributed by atoms with Crippen molar-refractivity contribution in [2.45, 2.75) is 5.16 Å². The Kier molecular flexibility index (Phi) is 4.62. The van der Waals surface area contributed by atoms with Gasteiger partial charge in [0, 0.05) is 7.05 Å². The van der Waals surface area contributed by atoms with Gasteiger partial charge in [0.2, 0.25) is 0 Å². The van der Waals surface area contributed by atoms with Gasteiger partial charge < -0.3 is 14.0 Å². The highest BCUT2D eigenvalue weighted by molar-refractivity contribution is 7.99. The maximum atomic E-state index is 12.3. The highest BCUT2D eigenvalue weighted by Crippen LogP contribution is 2.26. The van der Waals surface area contributed by atoms with Gasteiger partial charge in [0.05, 0.1) is 25.5 Å². The summed E-state index contributed by atoms with van der Waals surface area (Å²) in [6.45, 7) is 0. The summed E-state index contributed by atoms with van der Waals surface area (Å²) in [5.74, 6) is 1.37. The first kappa shape index (κ1) is 14.4. The van der Waals surface area contributed by atoms with Gasteiger partial charge in [0.25, 0.3) is 0 Å². The van der Waals surface area contributed by atoms with Crippen molar-refractivity contribution in [3.05, 3.63) is 30.1 Å². The van der Waals surface area contributed by atoms with E-state index in [1.165, 1.54) is 18.9 Å². The second-order valence-electron chi connectivity index (χ2n) is 4.00. The average molecular weight is 293 g/mol. The molecule has 0 unspecified atom stereocenters. The monoisotopic (exact) mass is 293 g/mol. The predicted octanol–water partition coefficient (Wildman–Crippen LogP) is 1.81. The number of rotatable bonds is 6. The van der Waals surface area contributed by atoms with E-state index >= 15 is 0 Å². The largest absolute Gasteiger partial charge is 0.497 e. The van der Waals surface area contributed by atoms with Crippen molar-refractivity contribution in [2.75, 3.05) is 20.0 Å². The summed E-state index contributed by atoms with van der Waals surface area (Å²) in [6.07, 6.45) is 1.60. The molecule has 0 aliphatic heterocycles. The number of hydrogen-bond acceptors (Lipinski definition) is 6. The van der Waals surface area contributed by atoms with Gasteiger partial charge in [-0.3, -0.25) is 4.79 Å². The number of ketones is 1. The summed E-state index contributed by atoms with van der Waals surface area (Å²) < 4.78 is 12.1. The van der Waals surface area contributed by atoms with E-state index < -0.39 is 0 Å². The van der Waals surface area contributed by atoms with Gasteiger partial charge in [0.1, 0.15) is 17.8 Å². The summed E-state index contributed by atoms with van der Waals surface area (Å²) in [6, 6.07) is 5.16. The summed E-state index contributed by atoms with van der Waals surface area (Å²) in [4.78, 5) is 12.3. The standard InChI is InChI=1S/C13H15N3O3S/c1-16-8-14-15-13(16)20-7-11(17)10-6-9(18-2)4-5-12(10)19-3/h4-6,8H,7H2,1-3H3. The van der Waals surface area contributed by atoms with Crippen LogP contribution >= 0.6 is 11.8 Å².